The Morgan fingerprint density at radius 2 is 1.67 bits per heavy atom. The lowest BCUT2D eigenvalue weighted by atomic mass is 10.2. The van der Waals surface area contributed by atoms with Gasteiger partial charge in [0.2, 0.25) is 0 Å². The van der Waals surface area contributed by atoms with E-state index >= 15 is 0 Å². The van der Waals surface area contributed by atoms with E-state index in [4.69, 9.17) is 15.3 Å². The second-order valence-corrected chi connectivity index (χ2v) is 2.21. The monoisotopic (exact) mass is 134 g/mol. The highest BCUT2D eigenvalue weighted by Crippen LogP contribution is 2.18. The number of hydrogen-bond acceptors (Lipinski definition) is 4. The van der Waals surface area contributed by atoms with Crippen LogP contribution in [0, 0.1) is 0 Å². The van der Waals surface area contributed by atoms with Gasteiger partial charge >= 0.3 is 0 Å². The van der Waals surface area contributed by atoms with Crippen molar-refractivity contribution in [3.63, 3.8) is 0 Å². The molecule has 0 aliphatic carbocycles. The molecular formula is C5H10O4. The van der Waals surface area contributed by atoms with E-state index in [9.17, 15) is 0 Å². The van der Waals surface area contributed by atoms with E-state index in [-0.39, 0.29) is 0 Å². The van der Waals surface area contributed by atoms with E-state index in [1.165, 1.54) is 0 Å². The summed E-state index contributed by atoms with van der Waals surface area (Å²) in [6.07, 6.45) is -3.81. The molecule has 9 heavy (non-hydrogen) atoms. The third-order valence-electron chi connectivity index (χ3n) is 1.48. The summed E-state index contributed by atoms with van der Waals surface area (Å²) >= 11 is 0. The summed E-state index contributed by atoms with van der Waals surface area (Å²) in [6.45, 7) is 1.59. The van der Waals surface area contributed by atoms with Gasteiger partial charge in [-0.1, -0.05) is 0 Å². The van der Waals surface area contributed by atoms with Gasteiger partial charge in [0, 0.05) is 0 Å². The highest BCUT2D eigenvalue weighted by molar-refractivity contribution is 4.82. The molecule has 54 valence electrons. The lowest BCUT2D eigenvalue weighted by Gasteiger charge is -2.07. The van der Waals surface area contributed by atoms with Crippen LogP contribution in [-0.2, 0) is 4.74 Å². The summed E-state index contributed by atoms with van der Waals surface area (Å²) in [5.74, 6) is 0. The number of ether oxygens (including phenoxy) is 1. The fourth-order valence-corrected chi connectivity index (χ4v) is 0.827. The molecule has 1 rings (SSSR count). The predicted octanol–water partition coefficient (Wildman–Crippen LogP) is -1.55. The van der Waals surface area contributed by atoms with Crippen LogP contribution in [0.15, 0.2) is 0 Å². The van der Waals surface area contributed by atoms with Crippen LogP contribution in [0.1, 0.15) is 6.92 Å². The third-order valence-corrected chi connectivity index (χ3v) is 1.48. The van der Waals surface area contributed by atoms with Crippen LogP contribution in [0.25, 0.3) is 0 Å². The van der Waals surface area contributed by atoms with Crippen LogP contribution < -0.4 is 0 Å². The van der Waals surface area contributed by atoms with Crippen molar-refractivity contribution in [1.29, 1.82) is 0 Å². The van der Waals surface area contributed by atoms with Crippen molar-refractivity contribution >= 4 is 0 Å². The summed E-state index contributed by atoms with van der Waals surface area (Å²) in [4.78, 5) is 0. The molecule has 1 heterocycles. The topological polar surface area (TPSA) is 69.9 Å². The maximum absolute atomic E-state index is 8.90. The maximum atomic E-state index is 8.90. The Bertz CT molecular complexity index is 93.1. The van der Waals surface area contributed by atoms with E-state index < -0.39 is 24.6 Å². The van der Waals surface area contributed by atoms with Crippen LogP contribution in [0.4, 0.5) is 0 Å². The first-order valence-corrected chi connectivity index (χ1v) is 2.82. The predicted molar refractivity (Wildman–Crippen MR) is 28.6 cm³/mol. The molecule has 0 amide bonds. The number of rotatable bonds is 0. The second-order valence-electron chi connectivity index (χ2n) is 2.21. The van der Waals surface area contributed by atoms with E-state index in [2.05, 4.69) is 4.74 Å². The van der Waals surface area contributed by atoms with Crippen molar-refractivity contribution in [1.82, 2.24) is 0 Å². The average Bonchev–Trinajstić information content (AvgIpc) is 1.98. The van der Waals surface area contributed by atoms with Crippen LogP contribution in [-0.4, -0.2) is 39.9 Å². The molecule has 4 heteroatoms. The summed E-state index contributed by atoms with van der Waals surface area (Å²) in [7, 11) is 0. The Balaban J connectivity index is 2.54. The summed E-state index contributed by atoms with van der Waals surface area (Å²) in [5.41, 5.74) is 0. The van der Waals surface area contributed by atoms with Gasteiger partial charge in [-0.3, -0.25) is 0 Å². The van der Waals surface area contributed by atoms with Crippen molar-refractivity contribution < 1.29 is 20.1 Å². The maximum Gasteiger partial charge on any atom is 0.183 e. The normalized spacial score (nSPS) is 52.0. The molecular weight excluding hydrogens is 124 g/mol. The van der Waals surface area contributed by atoms with Gasteiger partial charge in [0.25, 0.3) is 0 Å². The standard InChI is InChI=1S/C5H10O4/c1-2-3(6)4(7)5(8)9-2/h2-8H,1H3/t2?,3-,4-,5?/m1/s1. The lowest BCUT2D eigenvalue weighted by molar-refractivity contribution is -0.124. The minimum absolute atomic E-state index is 0.477. The van der Waals surface area contributed by atoms with Crippen LogP contribution >= 0.6 is 0 Å². The summed E-state index contributed by atoms with van der Waals surface area (Å²) in [6, 6.07) is 0. The van der Waals surface area contributed by atoms with Gasteiger partial charge in [0.1, 0.15) is 12.2 Å². The zero-order valence-electron chi connectivity index (χ0n) is 5.06. The molecule has 1 saturated heterocycles. The molecule has 0 radical (unpaired) electrons. The van der Waals surface area contributed by atoms with Gasteiger partial charge < -0.3 is 20.1 Å². The molecule has 0 aromatic rings. The zero-order valence-corrected chi connectivity index (χ0v) is 5.06. The first kappa shape index (κ1) is 6.95. The quantitative estimate of drug-likeness (QED) is 0.375. The van der Waals surface area contributed by atoms with Gasteiger partial charge in [-0.2, -0.15) is 0 Å². The van der Waals surface area contributed by atoms with Gasteiger partial charge in [-0.15, -0.1) is 0 Å². The first-order valence-electron chi connectivity index (χ1n) is 2.82. The number of hydrogen-bond donors (Lipinski definition) is 3. The number of aliphatic hydroxyl groups excluding tert-OH is 3. The Kier molecular flexibility index (Phi) is 1.72. The Labute approximate surface area is 52.7 Å². The van der Waals surface area contributed by atoms with Crippen molar-refractivity contribution in [3.8, 4) is 0 Å². The van der Waals surface area contributed by atoms with Gasteiger partial charge in [-0.05, 0) is 6.92 Å². The molecule has 0 aromatic carbocycles. The fourth-order valence-electron chi connectivity index (χ4n) is 0.827. The molecule has 1 aliphatic rings. The summed E-state index contributed by atoms with van der Waals surface area (Å²) in [5, 5.41) is 26.4. The van der Waals surface area contributed by atoms with Gasteiger partial charge in [0.15, 0.2) is 6.29 Å². The number of aliphatic hydroxyl groups is 3. The van der Waals surface area contributed by atoms with Gasteiger partial charge in [0.05, 0.1) is 6.10 Å². The minimum atomic E-state index is -1.23. The molecule has 4 atom stereocenters. The Hall–Kier alpha value is -0.160. The van der Waals surface area contributed by atoms with E-state index in [0.29, 0.717) is 0 Å². The van der Waals surface area contributed by atoms with Crippen molar-refractivity contribution in [2.45, 2.75) is 31.5 Å². The van der Waals surface area contributed by atoms with Crippen molar-refractivity contribution in [2.24, 2.45) is 0 Å². The van der Waals surface area contributed by atoms with Crippen molar-refractivity contribution in [3.05, 3.63) is 0 Å². The van der Waals surface area contributed by atoms with Crippen LogP contribution in [0.2, 0.25) is 0 Å². The Morgan fingerprint density at radius 3 is 1.78 bits per heavy atom. The van der Waals surface area contributed by atoms with Crippen LogP contribution in [0.5, 0.6) is 0 Å². The smallest absolute Gasteiger partial charge is 0.183 e. The molecule has 0 saturated carbocycles. The highest BCUT2D eigenvalue weighted by Gasteiger charge is 2.38. The van der Waals surface area contributed by atoms with E-state index in [1.54, 1.807) is 6.92 Å². The highest BCUT2D eigenvalue weighted by atomic mass is 16.6. The largest absolute Gasteiger partial charge is 0.388 e. The third kappa shape index (κ3) is 1.07. The molecule has 3 N–H and O–H groups in total. The summed E-state index contributed by atoms with van der Waals surface area (Å²) < 4.78 is 4.64. The molecule has 2 unspecified atom stereocenters. The Morgan fingerprint density at radius 1 is 1.11 bits per heavy atom. The average molecular weight is 134 g/mol. The fraction of sp³-hybridized carbons (Fsp3) is 1.00. The molecule has 1 fully saturated rings. The second kappa shape index (κ2) is 2.22. The molecule has 0 aromatic heterocycles. The van der Waals surface area contributed by atoms with Crippen molar-refractivity contribution in [2.75, 3.05) is 0 Å². The van der Waals surface area contributed by atoms with E-state index in [1.807, 2.05) is 0 Å². The minimum Gasteiger partial charge on any atom is -0.388 e. The lowest BCUT2D eigenvalue weighted by Crippen LogP contribution is -2.31. The van der Waals surface area contributed by atoms with Gasteiger partial charge in [-0.25, -0.2) is 0 Å². The molecule has 4 nitrogen and oxygen atoms in total. The van der Waals surface area contributed by atoms with E-state index in [0.717, 1.165) is 0 Å². The SMILES string of the molecule is CC1OC(O)[C@H](O)[C@@H]1O. The molecule has 0 spiro atoms. The molecule has 1 aliphatic heterocycles. The van der Waals surface area contributed by atoms with Crippen LogP contribution in [0.3, 0.4) is 0 Å². The molecule has 0 bridgehead atoms. The first-order chi connectivity index (χ1) is 4.13. The zero-order chi connectivity index (χ0) is 7.02.